The Morgan fingerprint density at radius 3 is 2.94 bits per heavy atom. The molecule has 1 aromatic carbocycles. The van der Waals surface area contributed by atoms with Gasteiger partial charge in [0, 0.05) is 12.6 Å². The van der Waals surface area contributed by atoms with Crippen LogP contribution in [0, 0.1) is 11.7 Å². The van der Waals surface area contributed by atoms with Crippen molar-refractivity contribution in [3.63, 3.8) is 0 Å². The van der Waals surface area contributed by atoms with E-state index in [9.17, 15) is 9.18 Å². The van der Waals surface area contributed by atoms with Crippen LogP contribution in [0.4, 0.5) is 4.39 Å². The average molecular weight is 236 g/mol. The van der Waals surface area contributed by atoms with Crippen LogP contribution in [-0.2, 0) is 11.3 Å². The lowest BCUT2D eigenvalue weighted by Gasteiger charge is -2.15. The monoisotopic (exact) mass is 236 g/mol. The van der Waals surface area contributed by atoms with Crippen LogP contribution in [-0.4, -0.2) is 11.9 Å². The number of carbonyl (C=O) groups excluding carboxylic acids is 1. The first kappa shape index (κ1) is 12.0. The van der Waals surface area contributed by atoms with Gasteiger partial charge in [-0.25, -0.2) is 4.39 Å². The lowest BCUT2D eigenvalue weighted by atomic mass is 10.0. The van der Waals surface area contributed by atoms with Gasteiger partial charge in [-0.05, 0) is 30.5 Å². The van der Waals surface area contributed by atoms with Crippen molar-refractivity contribution in [3.05, 3.63) is 35.6 Å². The molecule has 0 aromatic heterocycles. The largest absolute Gasteiger partial charge is 0.352 e. The molecule has 0 aliphatic heterocycles. The highest BCUT2D eigenvalue weighted by Crippen LogP contribution is 2.23. The predicted molar refractivity (Wildman–Crippen MR) is 63.6 cm³/mol. The molecule has 0 spiro atoms. The van der Waals surface area contributed by atoms with Crippen LogP contribution in [0.2, 0.25) is 0 Å². The van der Waals surface area contributed by atoms with Crippen LogP contribution in [0.1, 0.15) is 24.8 Å². The maximum Gasteiger partial charge on any atom is 0.224 e. The van der Waals surface area contributed by atoms with Crippen LogP contribution in [0.25, 0.3) is 0 Å². The SMILES string of the molecule is NC1CCCC1C(=O)NCc1cccc(F)c1. The Morgan fingerprint density at radius 1 is 1.47 bits per heavy atom. The highest BCUT2D eigenvalue weighted by atomic mass is 19.1. The molecule has 2 atom stereocenters. The zero-order chi connectivity index (χ0) is 12.3. The first-order valence-electron chi connectivity index (χ1n) is 5.94. The summed E-state index contributed by atoms with van der Waals surface area (Å²) < 4.78 is 12.9. The Hall–Kier alpha value is -1.42. The van der Waals surface area contributed by atoms with E-state index < -0.39 is 0 Å². The fraction of sp³-hybridized carbons (Fsp3) is 0.462. The van der Waals surface area contributed by atoms with E-state index in [0.29, 0.717) is 6.54 Å². The van der Waals surface area contributed by atoms with E-state index in [1.807, 2.05) is 0 Å². The highest BCUT2D eigenvalue weighted by molar-refractivity contribution is 5.79. The van der Waals surface area contributed by atoms with Crippen molar-refractivity contribution < 1.29 is 9.18 Å². The van der Waals surface area contributed by atoms with Gasteiger partial charge >= 0.3 is 0 Å². The Balaban J connectivity index is 1.88. The summed E-state index contributed by atoms with van der Waals surface area (Å²) in [6, 6.07) is 6.21. The van der Waals surface area contributed by atoms with E-state index in [2.05, 4.69) is 5.32 Å². The van der Waals surface area contributed by atoms with Crippen LogP contribution in [0.5, 0.6) is 0 Å². The molecule has 1 aliphatic carbocycles. The third-order valence-corrected chi connectivity index (χ3v) is 3.26. The van der Waals surface area contributed by atoms with Gasteiger partial charge in [-0.1, -0.05) is 18.6 Å². The minimum Gasteiger partial charge on any atom is -0.352 e. The van der Waals surface area contributed by atoms with Gasteiger partial charge in [-0.3, -0.25) is 4.79 Å². The number of halogens is 1. The van der Waals surface area contributed by atoms with Gasteiger partial charge in [0.25, 0.3) is 0 Å². The topological polar surface area (TPSA) is 55.1 Å². The van der Waals surface area contributed by atoms with Gasteiger partial charge < -0.3 is 11.1 Å². The second-order valence-corrected chi connectivity index (χ2v) is 4.55. The molecule has 0 saturated heterocycles. The number of amides is 1. The van der Waals surface area contributed by atoms with Crippen molar-refractivity contribution >= 4 is 5.91 Å². The fourth-order valence-corrected chi connectivity index (χ4v) is 2.28. The number of hydrogen-bond acceptors (Lipinski definition) is 2. The molecule has 2 rings (SSSR count). The van der Waals surface area contributed by atoms with E-state index in [-0.39, 0.29) is 23.7 Å². The Morgan fingerprint density at radius 2 is 2.29 bits per heavy atom. The van der Waals surface area contributed by atoms with E-state index >= 15 is 0 Å². The quantitative estimate of drug-likeness (QED) is 0.837. The van der Waals surface area contributed by atoms with Crippen LogP contribution in [0.15, 0.2) is 24.3 Å². The second-order valence-electron chi connectivity index (χ2n) is 4.55. The zero-order valence-electron chi connectivity index (χ0n) is 9.66. The summed E-state index contributed by atoms with van der Waals surface area (Å²) in [7, 11) is 0. The molecule has 0 bridgehead atoms. The fourth-order valence-electron chi connectivity index (χ4n) is 2.28. The van der Waals surface area contributed by atoms with Gasteiger partial charge in [0.1, 0.15) is 5.82 Å². The maximum absolute atomic E-state index is 12.9. The molecule has 1 amide bonds. The number of carbonyl (C=O) groups is 1. The summed E-state index contributed by atoms with van der Waals surface area (Å²) in [4.78, 5) is 11.8. The van der Waals surface area contributed by atoms with Gasteiger partial charge in [0.05, 0.1) is 5.92 Å². The van der Waals surface area contributed by atoms with Crippen molar-refractivity contribution in [2.75, 3.05) is 0 Å². The van der Waals surface area contributed by atoms with Gasteiger partial charge in [0.2, 0.25) is 5.91 Å². The minimum absolute atomic E-state index is 0.0146. The second kappa shape index (κ2) is 5.27. The summed E-state index contributed by atoms with van der Waals surface area (Å²) in [6.07, 6.45) is 2.79. The van der Waals surface area contributed by atoms with Gasteiger partial charge in [-0.2, -0.15) is 0 Å². The minimum atomic E-state index is -0.283. The highest BCUT2D eigenvalue weighted by Gasteiger charge is 2.29. The Kier molecular flexibility index (Phi) is 3.74. The molecule has 1 aromatic rings. The molecule has 1 aliphatic rings. The Labute approximate surface area is 100 Å². The van der Waals surface area contributed by atoms with Crippen LogP contribution >= 0.6 is 0 Å². The molecule has 0 heterocycles. The first-order valence-corrected chi connectivity index (χ1v) is 5.94. The van der Waals surface area contributed by atoms with E-state index in [0.717, 1.165) is 24.8 Å². The molecular formula is C13H17FN2O. The number of hydrogen-bond donors (Lipinski definition) is 2. The molecule has 4 heteroatoms. The molecule has 2 unspecified atom stereocenters. The molecule has 17 heavy (non-hydrogen) atoms. The molecule has 3 nitrogen and oxygen atoms in total. The van der Waals surface area contributed by atoms with Crippen molar-refractivity contribution in [1.29, 1.82) is 0 Å². The van der Waals surface area contributed by atoms with Gasteiger partial charge in [-0.15, -0.1) is 0 Å². The van der Waals surface area contributed by atoms with E-state index in [4.69, 9.17) is 5.73 Å². The predicted octanol–water partition coefficient (Wildman–Crippen LogP) is 1.57. The Bertz CT molecular complexity index is 408. The molecule has 1 fully saturated rings. The lowest BCUT2D eigenvalue weighted by Crippen LogP contribution is -2.38. The maximum atomic E-state index is 12.9. The summed E-state index contributed by atoms with van der Waals surface area (Å²) >= 11 is 0. The zero-order valence-corrected chi connectivity index (χ0v) is 9.66. The molecular weight excluding hydrogens is 219 g/mol. The normalized spacial score (nSPS) is 23.6. The van der Waals surface area contributed by atoms with Gasteiger partial charge in [0.15, 0.2) is 0 Å². The smallest absolute Gasteiger partial charge is 0.224 e. The van der Waals surface area contributed by atoms with E-state index in [1.165, 1.54) is 12.1 Å². The van der Waals surface area contributed by atoms with Crippen molar-refractivity contribution in [3.8, 4) is 0 Å². The van der Waals surface area contributed by atoms with Crippen molar-refractivity contribution in [1.82, 2.24) is 5.32 Å². The van der Waals surface area contributed by atoms with Crippen LogP contribution < -0.4 is 11.1 Å². The lowest BCUT2D eigenvalue weighted by molar-refractivity contribution is -0.125. The first-order chi connectivity index (χ1) is 8.16. The summed E-state index contributed by atoms with van der Waals surface area (Å²) in [5.74, 6) is -0.378. The van der Waals surface area contributed by atoms with Crippen LogP contribution in [0.3, 0.4) is 0 Å². The number of nitrogens with one attached hydrogen (secondary N) is 1. The van der Waals surface area contributed by atoms with Crippen molar-refractivity contribution in [2.24, 2.45) is 11.7 Å². The molecule has 0 radical (unpaired) electrons. The summed E-state index contributed by atoms with van der Waals surface area (Å²) in [5.41, 5.74) is 6.62. The molecule has 1 saturated carbocycles. The number of benzene rings is 1. The van der Waals surface area contributed by atoms with Crippen molar-refractivity contribution in [2.45, 2.75) is 31.8 Å². The standard InChI is InChI=1S/C13H17FN2O/c14-10-4-1-3-9(7-10)8-16-13(17)11-5-2-6-12(11)15/h1,3-4,7,11-12H,2,5-6,8,15H2,(H,16,17). The number of nitrogens with two attached hydrogens (primary N) is 1. The molecule has 92 valence electrons. The summed E-state index contributed by atoms with van der Waals surface area (Å²) in [5, 5.41) is 2.81. The average Bonchev–Trinajstić information content (AvgIpc) is 2.72. The molecule has 3 N–H and O–H groups in total. The third-order valence-electron chi connectivity index (χ3n) is 3.26. The summed E-state index contributed by atoms with van der Waals surface area (Å²) in [6.45, 7) is 0.361. The number of rotatable bonds is 3. The van der Waals surface area contributed by atoms with E-state index in [1.54, 1.807) is 12.1 Å². The third kappa shape index (κ3) is 3.03.